The number of nitrogens with zero attached hydrogens (tertiary/aromatic N) is 3. The van der Waals surface area contributed by atoms with Gasteiger partial charge in [0.1, 0.15) is 6.54 Å². The maximum atomic E-state index is 12.4. The van der Waals surface area contributed by atoms with Gasteiger partial charge in [0.25, 0.3) is 0 Å². The zero-order valence-electron chi connectivity index (χ0n) is 12.8. The number of rotatable bonds is 4. The Hall–Kier alpha value is -2.35. The van der Waals surface area contributed by atoms with E-state index >= 15 is 0 Å². The minimum Gasteiger partial charge on any atom is -0.315 e. The van der Waals surface area contributed by atoms with Gasteiger partial charge in [-0.3, -0.25) is 14.6 Å². The van der Waals surface area contributed by atoms with Crippen molar-refractivity contribution in [2.24, 2.45) is 0 Å². The molecule has 1 aromatic carbocycles. The van der Waals surface area contributed by atoms with Crippen molar-refractivity contribution in [3.8, 4) is 0 Å². The van der Waals surface area contributed by atoms with Crippen molar-refractivity contribution in [1.29, 1.82) is 0 Å². The predicted octanol–water partition coefficient (Wildman–Crippen LogP) is 1.09. The lowest BCUT2D eigenvalue weighted by Gasteiger charge is -2.26. The zero-order chi connectivity index (χ0) is 16.6. The molecule has 0 saturated carbocycles. The van der Waals surface area contributed by atoms with Gasteiger partial charge in [0.05, 0.1) is 0 Å². The van der Waals surface area contributed by atoms with Gasteiger partial charge >= 0.3 is 5.69 Å². The number of hydrogen-bond acceptors (Lipinski definition) is 5. The van der Waals surface area contributed by atoms with Gasteiger partial charge in [0.2, 0.25) is 5.91 Å². The molecule has 0 atom stereocenters. The standard InChI is InChI=1S/C15H16N4O3S/c1-18-11-5-3-10(7-9(11)4-6-13(18)21)12(20)8-19-15(22)16-14(17-19)23-2/h3,5,7H,4,6,8H2,1-2H3,(H,16,17,22). The number of benzene rings is 1. The minimum atomic E-state index is -0.397. The first kappa shape index (κ1) is 15.5. The summed E-state index contributed by atoms with van der Waals surface area (Å²) in [6.07, 6.45) is 2.86. The van der Waals surface area contributed by atoms with E-state index in [0.29, 0.717) is 23.6 Å². The highest BCUT2D eigenvalue weighted by molar-refractivity contribution is 7.98. The summed E-state index contributed by atoms with van der Waals surface area (Å²) < 4.78 is 1.13. The van der Waals surface area contributed by atoms with E-state index in [1.807, 2.05) is 0 Å². The molecule has 1 aromatic heterocycles. The fraction of sp³-hybridized carbons (Fsp3) is 0.333. The Balaban J connectivity index is 1.84. The molecule has 0 unspecified atom stereocenters. The van der Waals surface area contributed by atoms with Gasteiger partial charge in [-0.1, -0.05) is 11.8 Å². The third kappa shape index (κ3) is 2.94. The first-order chi connectivity index (χ1) is 11.0. The van der Waals surface area contributed by atoms with Crippen LogP contribution in [0.3, 0.4) is 0 Å². The fourth-order valence-corrected chi connectivity index (χ4v) is 2.96. The first-order valence-corrected chi connectivity index (χ1v) is 8.36. The molecule has 0 saturated heterocycles. The van der Waals surface area contributed by atoms with E-state index in [-0.39, 0.29) is 18.2 Å². The number of H-pyrrole nitrogens is 1. The number of Topliss-reactive ketones (excluding diaryl/α,β-unsaturated/α-hetero) is 1. The van der Waals surface area contributed by atoms with Crippen LogP contribution in [0, 0.1) is 0 Å². The van der Waals surface area contributed by atoms with E-state index in [9.17, 15) is 14.4 Å². The second-order valence-electron chi connectivity index (χ2n) is 5.32. The largest absolute Gasteiger partial charge is 0.344 e. The van der Waals surface area contributed by atoms with Gasteiger partial charge in [-0.05, 0) is 36.4 Å². The first-order valence-electron chi connectivity index (χ1n) is 7.13. The normalized spacial score (nSPS) is 14.0. The fourth-order valence-electron chi connectivity index (χ4n) is 2.59. The van der Waals surface area contributed by atoms with E-state index in [0.717, 1.165) is 15.9 Å². The molecule has 7 nitrogen and oxygen atoms in total. The Morgan fingerprint density at radius 1 is 1.35 bits per heavy atom. The van der Waals surface area contributed by atoms with Crippen LogP contribution in [0.4, 0.5) is 5.69 Å². The van der Waals surface area contributed by atoms with E-state index in [1.165, 1.54) is 11.8 Å². The summed E-state index contributed by atoms with van der Waals surface area (Å²) in [5.41, 5.74) is 1.93. The number of carbonyl (C=O) groups excluding carboxylic acids is 2. The van der Waals surface area contributed by atoms with Crippen LogP contribution in [-0.2, 0) is 17.8 Å². The van der Waals surface area contributed by atoms with Gasteiger partial charge in [-0.2, -0.15) is 0 Å². The number of hydrogen-bond donors (Lipinski definition) is 1. The van der Waals surface area contributed by atoms with Crippen LogP contribution < -0.4 is 10.6 Å². The molecule has 0 aliphatic carbocycles. The predicted molar refractivity (Wildman–Crippen MR) is 87.1 cm³/mol. The molecular formula is C15H16N4O3S. The number of ketones is 1. The Labute approximate surface area is 136 Å². The van der Waals surface area contributed by atoms with Crippen molar-refractivity contribution in [1.82, 2.24) is 14.8 Å². The molecule has 0 bridgehead atoms. The molecule has 2 heterocycles. The van der Waals surface area contributed by atoms with Crippen molar-refractivity contribution in [3.05, 3.63) is 39.8 Å². The van der Waals surface area contributed by atoms with Gasteiger partial charge in [-0.15, -0.1) is 5.10 Å². The molecule has 0 radical (unpaired) electrons. The summed E-state index contributed by atoms with van der Waals surface area (Å²) in [7, 11) is 1.73. The lowest BCUT2D eigenvalue weighted by molar-refractivity contribution is -0.118. The van der Waals surface area contributed by atoms with E-state index < -0.39 is 5.69 Å². The Bertz CT molecular complexity index is 839. The molecule has 3 rings (SSSR count). The third-order valence-electron chi connectivity index (χ3n) is 3.89. The van der Waals surface area contributed by atoms with E-state index in [1.54, 1.807) is 36.4 Å². The molecule has 1 aliphatic rings. The molecule has 23 heavy (non-hydrogen) atoms. The molecule has 2 aromatic rings. The van der Waals surface area contributed by atoms with Gasteiger partial charge in [0.15, 0.2) is 10.9 Å². The summed E-state index contributed by atoms with van der Waals surface area (Å²) in [4.78, 5) is 40.0. The number of fused-ring (bicyclic) bond motifs is 1. The zero-order valence-corrected chi connectivity index (χ0v) is 13.6. The van der Waals surface area contributed by atoms with Crippen molar-refractivity contribution in [3.63, 3.8) is 0 Å². The SMILES string of the molecule is CSc1nn(CC(=O)c2ccc3c(c2)CCC(=O)N3C)c(=O)[nH]1. The second kappa shape index (κ2) is 6.04. The smallest absolute Gasteiger partial charge is 0.315 e. The van der Waals surface area contributed by atoms with Crippen molar-refractivity contribution >= 4 is 29.1 Å². The van der Waals surface area contributed by atoms with Gasteiger partial charge in [0, 0.05) is 24.7 Å². The number of anilines is 1. The van der Waals surface area contributed by atoms with Crippen molar-refractivity contribution < 1.29 is 9.59 Å². The number of nitrogens with one attached hydrogen (secondary N) is 1. The highest BCUT2D eigenvalue weighted by Crippen LogP contribution is 2.27. The van der Waals surface area contributed by atoms with Crippen LogP contribution in [0.1, 0.15) is 22.3 Å². The van der Waals surface area contributed by atoms with Crippen LogP contribution in [0.2, 0.25) is 0 Å². The summed E-state index contributed by atoms with van der Waals surface area (Å²) >= 11 is 1.31. The Kier molecular flexibility index (Phi) is 4.08. The number of aromatic nitrogens is 3. The van der Waals surface area contributed by atoms with Crippen molar-refractivity contribution in [2.75, 3.05) is 18.2 Å². The molecule has 1 aliphatic heterocycles. The number of thioether (sulfide) groups is 1. The molecule has 1 amide bonds. The highest BCUT2D eigenvalue weighted by Gasteiger charge is 2.22. The Morgan fingerprint density at radius 3 is 2.83 bits per heavy atom. The van der Waals surface area contributed by atoms with E-state index in [4.69, 9.17) is 0 Å². The second-order valence-corrected chi connectivity index (χ2v) is 6.11. The maximum absolute atomic E-state index is 12.4. The topological polar surface area (TPSA) is 88.1 Å². The Morgan fingerprint density at radius 2 is 2.13 bits per heavy atom. The average molecular weight is 332 g/mol. The summed E-state index contributed by atoms with van der Waals surface area (Å²) in [6.45, 7) is -0.108. The number of aryl methyl sites for hydroxylation is 1. The van der Waals surface area contributed by atoms with Crippen LogP contribution in [0.25, 0.3) is 0 Å². The lowest BCUT2D eigenvalue weighted by Crippen LogP contribution is -2.31. The van der Waals surface area contributed by atoms with Gasteiger partial charge in [-0.25, -0.2) is 9.48 Å². The van der Waals surface area contributed by atoms with E-state index in [2.05, 4.69) is 10.1 Å². The number of amides is 1. The van der Waals surface area contributed by atoms with Gasteiger partial charge < -0.3 is 4.90 Å². The molecule has 8 heteroatoms. The molecule has 0 spiro atoms. The summed E-state index contributed by atoms with van der Waals surface area (Å²) in [5, 5.41) is 4.52. The molecule has 120 valence electrons. The van der Waals surface area contributed by atoms with Crippen LogP contribution in [-0.4, -0.2) is 39.8 Å². The van der Waals surface area contributed by atoms with Crippen molar-refractivity contribution in [2.45, 2.75) is 24.5 Å². The average Bonchev–Trinajstić information content (AvgIpc) is 2.90. The highest BCUT2D eigenvalue weighted by atomic mass is 32.2. The maximum Gasteiger partial charge on any atom is 0.344 e. The van der Waals surface area contributed by atoms with Crippen LogP contribution >= 0.6 is 11.8 Å². The molecule has 1 N–H and O–H groups in total. The number of aromatic amines is 1. The van der Waals surface area contributed by atoms with Crippen LogP contribution in [0.5, 0.6) is 0 Å². The third-order valence-corrected chi connectivity index (χ3v) is 4.46. The quantitative estimate of drug-likeness (QED) is 0.669. The number of carbonyl (C=O) groups is 2. The minimum absolute atomic E-state index is 0.0734. The summed E-state index contributed by atoms with van der Waals surface area (Å²) in [6, 6.07) is 5.26. The summed E-state index contributed by atoms with van der Waals surface area (Å²) in [5.74, 6) is -0.113. The monoisotopic (exact) mass is 332 g/mol. The molecular weight excluding hydrogens is 316 g/mol. The lowest BCUT2D eigenvalue weighted by atomic mass is 9.98. The molecule has 0 fully saturated rings. The van der Waals surface area contributed by atoms with Crippen LogP contribution in [0.15, 0.2) is 28.2 Å².